The Hall–Kier alpha value is -3.92. The number of hydrogen-bond acceptors (Lipinski definition) is 6. The Kier molecular flexibility index (Phi) is 10.3. The molecule has 1 aliphatic rings. The fraction of sp³-hybridized carbons (Fsp3) is 0.467. The number of nitrogens with one attached hydrogen (secondary N) is 3. The summed E-state index contributed by atoms with van der Waals surface area (Å²) in [6, 6.07) is 12.2. The van der Waals surface area contributed by atoms with Gasteiger partial charge in [-0.1, -0.05) is 76.2 Å². The zero-order valence-electron chi connectivity index (χ0n) is 23.5. The summed E-state index contributed by atoms with van der Waals surface area (Å²) in [4.78, 5) is 50.4. The monoisotopic (exact) mass is 553 g/mol. The number of rotatable bonds is 12. The van der Waals surface area contributed by atoms with E-state index in [2.05, 4.69) is 16.0 Å². The number of amides is 3. The van der Waals surface area contributed by atoms with Gasteiger partial charge in [0.2, 0.25) is 11.8 Å². The number of fused-ring (bicyclic) bond motifs is 3. The molecule has 10 heteroatoms. The molecule has 40 heavy (non-hydrogen) atoms. The second-order valence-electron chi connectivity index (χ2n) is 10.9. The van der Waals surface area contributed by atoms with Crippen molar-refractivity contribution in [1.29, 1.82) is 0 Å². The second-order valence-corrected chi connectivity index (χ2v) is 10.9. The zero-order chi connectivity index (χ0) is 29.6. The Morgan fingerprint density at radius 3 is 1.82 bits per heavy atom. The summed E-state index contributed by atoms with van der Waals surface area (Å²) in [5, 5.41) is 27.2. The van der Waals surface area contributed by atoms with E-state index < -0.39 is 48.1 Å². The number of carbonyl (C=O) groups excluding carboxylic acids is 3. The average Bonchev–Trinajstić information content (AvgIpc) is 3.21. The largest absolute Gasteiger partial charge is 0.480 e. The number of carbonyl (C=O) groups is 4. The predicted octanol–water partition coefficient (Wildman–Crippen LogP) is 3.03. The highest BCUT2D eigenvalue weighted by Gasteiger charge is 2.34. The summed E-state index contributed by atoms with van der Waals surface area (Å²) in [5.41, 5.74) is 4.21. The average molecular weight is 554 g/mol. The molecular formula is C30H39N3O7. The minimum absolute atomic E-state index is 0.0153. The van der Waals surface area contributed by atoms with Gasteiger partial charge in [-0.2, -0.15) is 0 Å². The molecule has 5 N–H and O–H groups in total. The minimum atomic E-state index is -1.40. The van der Waals surface area contributed by atoms with Gasteiger partial charge < -0.3 is 30.9 Å². The van der Waals surface area contributed by atoms with Gasteiger partial charge in [-0.25, -0.2) is 9.59 Å². The van der Waals surface area contributed by atoms with E-state index >= 15 is 0 Å². The summed E-state index contributed by atoms with van der Waals surface area (Å²) in [6.07, 6.45) is -1.97. The number of ether oxygens (including phenoxy) is 1. The van der Waals surface area contributed by atoms with Gasteiger partial charge in [-0.3, -0.25) is 9.59 Å². The summed E-state index contributed by atoms with van der Waals surface area (Å²) in [6.45, 7) is 8.39. The number of aliphatic carboxylic acids is 1. The van der Waals surface area contributed by atoms with E-state index in [-0.39, 0.29) is 30.8 Å². The van der Waals surface area contributed by atoms with Crippen LogP contribution in [-0.4, -0.2) is 64.9 Å². The molecule has 4 atom stereocenters. The van der Waals surface area contributed by atoms with E-state index in [1.165, 1.54) is 6.92 Å². The molecule has 0 bridgehead atoms. The second kappa shape index (κ2) is 13.4. The van der Waals surface area contributed by atoms with Gasteiger partial charge in [0.15, 0.2) is 0 Å². The first-order valence-electron chi connectivity index (χ1n) is 13.5. The van der Waals surface area contributed by atoms with Crippen LogP contribution in [0.25, 0.3) is 11.1 Å². The van der Waals surface area contributed by atoms with Crippen molar-refractivity contribution >= 4 is 23.9 Å². The third-order valence-electron chi connectivity index (χ3n) is 6.95. The summed E-state index contributed by atoms with van der Waals surface area (Å²) in [7, 11) is 0. The molecular weight excluding hydrogens is 514 g/mol. The van der Waals surface area contributed by atoms with Crippen molar-refractivity contribution in [2.45, 2.75) is 71.2 Å². The molecule has 0 saturated heterocycles. The predicted molar refractivity (Wildman–Crippen MR) is 149 cm³/mol. The van der Waals surface area contributed by atoms with Crippen LogP contribution in [0.15, 0.2) is 48.5 Å². The lowest BCUT2D eigenvalue weighted by Crippen LogP contribution is -2.59. The molecule has 1 aliphatic carbocycles. The van der Waals surface area contributed by atoms with Crippen molar-refractivity contribution in [3.05, 3.63) is 59.7 Å². The van der Waals surface area contributed by atoms with Crippen molar-refractivity contribution in [2.75, 3.05) is 6.61 Å². The van der Waals surface area contributed by atoms with E-state index in [1.54, 1.807) is 13.8 Å². The molecule has 0 spiro atoms. The van der Waals surface area contributed by atoms with Gasteiger partial charge in [0.25, 0.3) is 0 Å². The van der Waals surface area contributed by atoms with Gasteiger partial charge in [-0.05, 0) is 47.4 Å². The highest BCUT2D eigenvalue weighted by Crippen LogP contribution is 2.44. The Morgan fingerprint density at radius 1 is 0.800 bits per heavy atom. The molecule has 3 amide bonds. The van der Waals surface area contributed by atoms with E-state index in [0.29, 0.717) is 0 Å². The van der Waals surface area contributed by atoms with Gasteiger partial charge in [0, 0.05) is 5.92 Å². The quantitative estimate of drug-likeness (QED) is 0.271. The maximum absolute atomic E-state index is 13.1. The van der Waals surface area contributed by atoms with Gasteiger partial charge in [-0.15, -0.1) is 0 Å². The Balaban J connectivity index is 1.67. The highest BCUT2D eigenvalue weighted by molar-refractivity contribution is 5.93. The fourth-order valence-corrected chi connectivity index (χ4v) is 4.90. The Morgan fingerprint density at radius 2 is 1.35 bits per heavy atom. The maximum atomic E-state index is 13.1. The van der Waals surface area contributed by atoms with E-state index in [9.17, 15) is 29.4 Å². The smallest absolute Gasteiger partial charge is 0.407 e. The molecule has 2 aromatic carbocycles. The van der Waals surface area contributed by atoms with Crippen molar-refractivity contribution in [3.63, 3.8) is 0 Å². The molecule has 0 radical (unpaired) electrons. The zero-order valence-corrected chi connectivity index (χ0v) is 23.5. The Labute approximate surface area is 234 Å². The number of hydrogen-bond donors (Lipinski definition) is 5. The van der Waals surface area contributed by atoms with Crippen molar-refractivity contribution in [2.24, 2.45) is 11.8 Å². The number of aliphatic hydroxyl groups is 1. The number of aliphatic hydroxyl groups excluding tert-OH is 1. The molecule has 216 valence electrons. The molecule has 0 aromatic heterocycles. The number of benzene rings is 2. The first-order chi connectivity index (χ1) is 18.9. The van der Waals surface area contributed by atoms with E-state index in [1.807, 2.05) is 62.4 Å². The fourth-order valence-electron chi connectivity index (χ4n) is 4.90. The van der Waals surface area contributed by atoms with Crippen molar-refractivity contribution < 1.29 is 34.1 Å². The van der Waals surface area contributed by atoms with Crippen LogP contribution in [0.4, 0.5) is 4.79 Å². The van der Waals surface area contributed by atoms with E-state index in [4.69, 9.17) is 4.74 Å². The van der Waals surface area contributed by atoms with Crippen LogP contribution in [-0.2, 0) is 19.1 Å². The third kappa shape index (κ3) is 7.38. The lowest BCUT2D eigenvalue weighted by atomic mass is 9.98. The van der Waals surface area contributed by atoms with Crippen LogP contribution < -0.4 is 16.0 Å². The summed E-state index contributed by atoms with van der Waals surface area (Å²) < 4.78 is 5.51. The van der Waals surface area contributed by atoms with E-state index in [0.717, 1.165) is 22.3 Å². The van der Waals surface area contributed by atoms with Crippen molar-refractivity contribution in [3.8, 4) is 11.1 Å². The van der Waals surface area contributed by atoms with Crippen LogP contribution >= 0.6 is 0 Å². The Bertz CT molecular complexity index is 1180. The topological polar surface area (TPSA) is 154 Å². The van der Waals surface area contributed by atoms with Gasteiger partial charge in [0.05, 0.1) is 6.10 Å². The molecule has 0 saturated carbocycles. The third-order valence-corrected chi connectivity index (χ3v) is 6.95. The standard InChI is InChI=1S/C30H39N3O7/c1-16(2)14-24(27(35)32-25(17(3)4)29(37)38)31-28(36)26(18(5)34)33-30(39)40-15-23-21-12-8-6-10-19(21)20-11-7-9-13-22(20)23/h6-13,16-18,23-26,34H,14-15H2,1-5H3,(H,31,36)(H,32,35)(H,33,39)(H,37,38)/t18-,24+,25+,26+/m1/s1. The molecule has 0 fully saturated rings. The van der Waals surface area contributed by atoms with Crippen molar-refractivity contribution in [1.82, 2.24) is 16.0 Å². The lowest BCUT2D eigenvalue weighted by Gasteiger charge is -2.27. The van der Waals surface area contributed by atoms with Gasteiger partial charge in [0.1, 0.15) is 24.7 Å². The van der Waals surface area contributed by atoms with Crippen LogP contribution in [0.2, 0.25) is 0 Å². The normalized spacial score (nSPS) is 15.4. The molecule has 10 nitrogen and oxygen atoms in total. The molecule has 0 unspecified atom stereocenters. The maximum Gasteiger partial charge on any atom is 0.407 e. The molecule has 0 aliphatic heterocycles. The summed E-state index contributed by atoms with van der Waals surface area (Å²) in [5.74, 6) is -3.21. The molecule has 0 heterocycles. The minimum Gasteiger partial charge on any atom is -0.480 e. The van der Waals surface area contributed by atoms with Crippen LogP contribution in [0, 0.1) is 11.8 Å². The van der Waals surface area contributed by atoms with Crippen LogP contribution in [0.5, 0.6) is 0 Å². The SMILES string of the molecule is CC(C)C[C@H](NC(=O)[C@@H](NC(=O)OCC1c2ccccc2-c2ccccc21)[C@@H](C)O)C(=O)N[C@H](C(=O)O)C(C)C. The molecule has 2 aromatic rings. The number of carboxylic acids is 1. The van der Waals surface area contributed by atoms with Crippen LogP contribution in [0.1, 0.15) is 58.1 Å². The first-order valence-corrected chi connectivity index (χ1v) is 13.5. The summed E-state index contributed by atoms with van der Waals surface area (Å²) >= 11 is 0. The highest BCUT2D eigenvalue weighted by atomic mass is 16.5. The number of alkyl carbamates (subject to hydrolysis) is 1. The first kappa shape index (κ1) is 30.6. The van der Waals surface area contributed by atoms with Crippen LogP contribution in [0.3, 0.4) is 0 Å². The molecule has 3 rings (SSSR count). The van der Waals surface area contributed by atoms with Gasteiger partial charge >= 0.3 is 12.1 Å². The lowest BCUT2D eigenvalue weighted by molar-refractivity contribution is -0.143. The number of carboxylic acid groups (broad SMARTS) is 1.